The molecular weight excluding hydrogens is 655 g/mol. The topological polar surface area (TPSA) is 22.8 Å². The van der Waals surface area contributed by atoms with Crippen molar-refractivity contribution < 1.29 is 0 Å². The van der Waals surface area contributed by atoms with E-state index in [0.717, 1.165) is 33.7 Å². The van der Waals surface area contributed by atoms with Crippen LogP contribution in [0.3, 0.4) is 0 Å². The van der Waals surface area contributed by atoms with Gasteiger partial charge in [0, 0.05) is 32.8 Å². The molecule has 10 rings (SSSR count). The fourth-order valence-corrected chi connectivity index (χ4v) is 8.13. The molecule has 0 saturated heterocycles. The van der Waals surface area contributed by atoms with Crippen molar-refractivity contribution in [3.05, 3.63) is 188 Å². The van der Waals surface area contributed by atoms with E-state index in [1.165, 1.54) is 60.5 Å². The van der Waals surface area contributed by atoms with E-state index in [0.29, 0.717) is 0 Å². The summed E-state index contributed by atoms with van der Waals surface area (Å²) in [5, 5.41) is 4.92. The maximum absolute atomic E-state index is 5.32. The van der Waals surface area contributed by atoms with Crippen LogP contribution < -0.4 is 0 Å². The molecule has 0 saturated carbocycles. The molecule has 258 valence electrons. The molecule has 0 aliphatic rings. The van der Waals surface area contributed by atoms with Gasteiger partial charge in [-0.2, -0.15) is 0 Å². The molecule has 0 amide bonds. The second kappa shape index (κ2) is 12.5. The zero-order valence-corrected chi connectivity index (χ0v) is 30.7. The molecule has 0 spiro atoms. The fourth-order valence-electron chi connectivity index (χ4n) is 8.13. The molecule has 3 heterocycles. The summed E-state index contributed by atoms with van der Waals surface area (Å²) in [6.07, 6.45) is 0. The number of para-hydroxylation sites is 2. The average molecular weight is 694 g/mol. The molecule has 3 nitrogen and oxygen atoms in total. The van der Waals surface area contributed by atoms with Crippen LogP contribution in [0.15, 0.2) is 182 Å². The molecule has 0 fully saturated rings. The monoisotopic (exact) mass is 693 g/mol. The van der Waals surface area contributed by atoms with Gasteiger partial charge in [-0.3, -0.25) is 4.57 Å². The van der Waals surface area contributed by atoms with Crippen LogP contribution in [-0.2, 0) is 5.41 Å². The van der Waals surface area contributed by atoms with Gasteiger partial charge in [-0.05, 0) is 93.9 Å². The second-order valence-corrected chi connectivity index (χ2v) is 15.3. The van der Waals surface area contributed by atoms with E-state index in [1.54, 1.807) is 0 Å². The van der Waals surface area contributed by atoms with Crippen molar-refractivity contribution in [2.75, 3.05) is 0 Å². The van der Waals surface area contributed by atoms with Crippen molar-refractivity contribution in [2.24, 2.45) is 0 Å². The predicted molar refractivity (Wildman–Crippen MR) is 228 cm³/mol. The van der Waals surface area contributed by atoms with Crippen molar-refractivity contribution in [3.8, 4) is 45.0 Å². The van der Waals surface area contributed by atoms with Gasteiger partial charge in [-0.15, -0.1) is 0 Å². The Labute approximate surface area is 315 Å². The lowest BCUT2D eigenvalue weighted by atomic mass is 9.87. The SMILES string of the molecule is CC(C)(C)c1ccc(-n2c3ccccc3c3cc(-c4ccc5c(c4)c4ccccc4n5-c4cc(-c5ccccc5)cc(-c5ccccc5)n4)ccc32)cc1. The van der Waals surface area contributed by atoms with Crippen molar-refractivity contribution >= 4 is 43.6 Å². The van der Waals surface area contributed by atoms with E-state index in [4.69, 9.17) is 4.98 Å². The zero-order valence-electron chi connectivity index (χ0n) is 30.7. The Morgan fingerprint density at radius 1 is 0.370 bits per heavy atom. The number of hydrogen-bond donors (Lipinski definition) is 0. The zero-order chi connectivity index (χ0) is 36.4. The Balaban J connectivity index is 1.14. The molecule has 3 heteroatoms. The van der Waals surface area contributed by atoms with E-state index in [-0.39, 0.29) is 5.41 Å². The summed E-state index contributed by atoms with van der Waals surface area (Å²) >= 11 is 0. The van der Waals surface area contributed by atoms with Gasteiger partial charge < -0.3 is 4.57 Å². The normalized spacial score (nSPS) is 12.0. The summed E-state index contributed by atoms with van der Waals surface area (Å²) in [6, 6.07) is 65.9. The molecule has 54 heavy (non-hydrogen) atoms. The minimum atomic E-state index is 0.107. The van der Waals surface area contributed by atoms with Gasteiger partial charge in [0.05, 0.1) is 27.8 Å². The Hall–Kier alpha value is -6.71. The molecule has 7 aromatic carbocycles. The predicted octanol–water partition coefficient (Wildman–Crippen LogP) is 13.6. The smallest absolute Gasteiger partial charge is 0.138 e. The summed E-state index contributed by atoms with van der Waals surface area (Å²) in [6.45, 7) is 6.80. The highest BCUT2D eigenvalue weighted by Crippen LogP contribution is 2.39. The van der Waals surface area contributed by atoms with Gasteiger partial charge in [0.25, 0.3) is 0 Å². The summed E-state index contributed by atoms with van der Waals surface area (Å²) < 4.78 is 4.73. The Bertz CT molecular complexity index is 2940. The van der Waals surface area contributed by atoms with Gasteiger partial charge in [-0.1, -0.05) is 142 Å². The van der Waals surface area contributed by atoms with E-state index in [1.807, 2.05) is 0 Å². The minimum Gasteiger partial charge on any atom is -0.309 e. The van der Waals surface area contributed by atoms with Crippen LogP contribution in [0.4, 0.5) is 0 Å². The molecule has 0 N–H and O–H groups in total. The van der Waals surface area contributed by atoms with Crippen LogP contribution in [0.5, 0.6) is 0 Å². The Kier molecular flexibility index (Phi) is 7.38. The van der Waals surface area contributed by atoms with Gasteiger partial charge in [0.1, 0.15) is 5.82 Å². The molecule has 0 aliphatic heterocycles. The summed E-state index contributed by atoms with van der Waals surface area (Å²) in [5.41, 5.74) is 14.0. The molecule has 0 radical (unpaired) electrons. The summed E-state index contributed by atoms with van der Waals surface area (Å²) in [5.74, 6) is 0.902. The largest absolute Gasteiger partial charge is 0.309 e. The van der Waals surface area contributed by atoms with E-state index < -0.39 is 0 Å². The van der Waals surface area contributed by atoms with Crippen LogP contribution in [0.25, 0.3) is 88.6 Å². The van der Waals surface area contributed by atoms with Crippen LogP contribution >= 0.6 is 0 Å². The first-order valence-corrected chi connectivity index (χ1v) is 18.7. The van der Waals surface area contributed by atoms with Crippen LogP contribution in [-0.4, -0.2) is 14.1 Å². The number of hydrogen-bond acceptors (Lipinski definition) is 1. The highest BCUT2D eigenvalue weighted by Gasteiger charge is 2.19. The van der Waals surface area contributed by atoms with Crippen LogP contribution in [0.2, 0.25) is 0 Å². The van der Waals surface area contributed by atoms with Crippen LogP contribution in [0, 0.1) is 0 Å². The number of aromatic nitrogens is 3. The fraction of sp³-hybridized carbons (Fsp3) is 0.0784. The third kappa shape index (κ3) is 5.31. The first-order chi connectivity index (χ1) is 26.4. The first kappa shape index (κ1) is 32.0. The maximum atomic E-state index is 5.32. The maximum Gasteiger partial charge on any atom is 0.138 e. The third-order valence-electron chi connectivity index (χ3n) is 10.9. The number of nitrogens with zero attached hydrogens (tertiary/aromatic N) is 3. The number of fused-ring (bicyclic) bond motifs is 6. The first-order valence-electron chi connectivity index (χ1n) is 18.7. The Morgan fingerprint density at radius 3 is 1.46 bits per heavy atom. The summed E-state index contributed by atoms with van der Waals surface area (Å²) in [7, 11) is 0. The third-order valence-corrected chi connectivity index (χ3v) is 10.9. The van der Waals surface area contributed by atoms with Crippen molar-refractivity contribution in [1.82, 2.24) is 14.1 Å². The highest BCUT2D eigenvalue weighted by molar-refractivity contribution is 6.12. The molecule has 0 bridgehead atoms. The Morgan fingerprint density at radius 2 is 0.870 bits per heavy atom. The second-order valence-electron chi connectivity index (χ2n) is 15.3. The van der Waals surface area contributed by atoms with Crippen molar-refractivity contribution in [1.29, 1.82) is 0 Å². The average Bonchev–Trinajstić information content (AvgIpc) is 3.73. The van der Waals surface area contributed by atoms with Crippen LogP contribution in [0.1, 0.15) is 26.3 Å². The van der Waals surface area contributed by atoms with E-state index >= 15 is 0 Å². The molecular formula is C51H39N3. The van der Waals surface area contributed by atoms with Gasteiger partial charge in [0.2, 0.25) is 0 Å². The number of benzene rings is 7. The lowest BCUT2D eigenvalue weighted by Gasteiger charge is -2.19. The van der Waals surface area contributed by atoms with E-state index in [2.05, 4.69) is 212 Å². The van der Waals surface area contributed by atoms with Crippen molar-refractivity contribution in [2.45, 2.75) is 26.2 Å². The quantitative estimate of drug-likeness (QED) is 0.176. The highest BCUT2D eigenvalue weighted by atomic mass is 15.1. The molecule has 3 aromatic heterocycles. The molecule has 0 atom stereocenters. The number of rotatable bonds is 5. The summed E-state index contributed by atoms with van der Waals surface area (Å²) in [4.78, 5) is 5.32. The van der Waals surface area contributed by atoms with Gasteiger partial charge in [-0.25, -0.2) is 4.98 Å². The van der Waals surface area contributed by atoms with Crippen molar-refractivity contribution in [3.63, 3.8) is 0 Å². The standard InChI is InChI=1S/C51H39N3/c1-51(2,3)39-24-26-40(27-25-39)53-46-20-12-10-18-41(46)43-30-36(22-28-48(43)53)37-23-29-49-44(31-37)42-19-11-13-21-47(42)54(49)50-33-38(34-14-6-4-7-15-34)32-45(52-50)35-16-8-5-9-17-35/h4-33H,1-3H3. The molecule has 10 aromatic rings. The van der Waals surface area contributed by atoms with Gasteiger partial charge in [0.15, 0.2) is 0 Å². The molecule has 0 unspecified atom stereocenters. The minimum absolute atomic E-state index is 0.107. The lowest BCUT2D eigenvalue weighted by Crippen LogP contribution is -2.10. The van der Waals surface area contributed by atoms with Gasteiger partial charge >= 0.3 is 0 Å². The lowest BCUT2D eigenvalue weighted by molar-refractivity contribution is 0.590. The number of pyridine rings is 1. The van der Waals surface area contributed by atoms with E-state index in [9.17, 15) is 0 Å². The molecule has 0 aliphatic carbocycles.